The molecule has 1 fully saturated rings. The smallest absolute Gasteiger partial charge is 0.319 e. The Morgan fingerprint density at radius 1 is 0.870 bits per heavy atom. The highest BCUT2D eigenvalue weighted by molar-refractivity contribution is 6.35. The zero-order valence-electron chi connectivity index (χ0n) is 24.7. The quantitative estimate of drug-likeness (QED) is 0.155. The minimum atomic E-state index is -0.409. The number of urea groups is 1. The van der Waals surface area contributed by atoms with E-state index in [1.54, 1.807) is 36.4 Å². The topological polar surface area (TPSA) is 97.3 Å². The standard InChI is InChI=1S/C35H31Cl4N5O2/c36-27-13-25(14-28(37)15-27)34(45)42-31-9-11-44(21-31)10-8-24(20-41-35(46)43-32-17-29(38)16-30(39)18-32)33-7-6-23(12-26(33)19-40)22-4-2-1-3-5-22/h1-7,12-18,24,31H,8-11,20-21H2,(H,42,45)(H2,41,43,46)/t24-,31-/m1/s1. The summed E-state index contributed by atoms with van der Waals surface area (Å²) in [6, 6.07) is 27.3. The van der Waals surface area contributed by atoms with Crippen molar-refractivity contribution in [2.45, 2.75) is 24.8 Å². The van der Waals surface area contributed by atoms with Crippen molar-refractivity contribution >= 4 is 64.0 Å². The van der Waals surface area contributed by atoms with Crippen molar-refractivity contribution in [3.05, 3.63) is 122 Å². The van der Waals surface area contributed by atoms with E-state index >= 15 is 0 Å². The van der Waals surface area contributed by atoms with E-state index in [9.17, 15) is 14.9 Å². The molecule has 4 aromatic rings. The lowest BCUT2D eigenvalue weighted by Crippen LogP contribution is -2.37. The van der Waals surface area contributed by atoms with E-state index in [1.807, 2.05) is 48.5 Å². The van der Waals surface area contributed by atoms with Crippen molar-refractivity contribution in [1.82, 2.24) is 15.5 Å². The average Bonchev–Trinajstić information content (AvgIpc) is 3.47. The Balaban J connectivity index is 1.27. The summed E-state index contributed by atoms with van der Waals surface area (Å²) in [4.78, 5) is 28.0. The summed E-state index contributed by atoms with van der Waals surface area (Å²) in [6.45, 7) is 2.48. The number of nitrogens with zero attached hydrogens (tertiary/aromatic N) is 2. The van der Waals surface area contributed by atoms with E-state index < -0.39 is 6.03 Å². The molecule has 0 bridgehead atoms. The number of carbonyl (C=O) groups excluding carboxylic acids is 2. The maximum Gasteiger partial charge on any atom is 0.319 e. The molecule has 5 rings (SSSR count). The first kappa shape index (κ1) is 33.6. The summed E-state index contributed by atoms with van der Waals surface area (Å²) in [7, 11) is 0. The van der Waals surface area contributed by atoms with Gasteiger partial charge in [0.05, 0.1) is 11.6 Å². The largest absolute Gasteiger partial charge is 0.348 e. The van der Waals surface area contributed by atoms with Crippen LogP contribution >= 0.6 is 46.4 Å². The van der Waals surface area contributed by atoms with Crippen molar-refractivity contribution in [3.8, 4) is 17.2 Å². The first-order valence-electron chi connectivity index (χ1n) is 14.8. The summed E-state index contributed by atoms with van der Waals surface area (Å²) in [6.07, 6.45) is 1.47. The van der Waals surface area contributed by atoms with Gasteiger partial charge in [-0.25, -0.2) is 4.79 Å². The molecule has 0 radical (unpaired) electrons. The van der Waals surface area contributed by atoms with Crippen LogP contribution in [0.25, 0.3) is 11.1 Å². The van der Waals surface area contributed by atoms with Crippen molar-refractivity contribution < 1.29 is 9.59 Å². The second kappa shape index (κ2) is 15.7. The highest BCUT2D eigenvalue weighted by Gasteiger charge is 2.26. The molecule has 0 aromatic heterocycles. The number of hydrogen-bond donors (Lipinski definition) is 3. The van der Waals surface area contributed by atoms with Gasteiger partial charge < -0.3 is 20.9 Å². The van der Waals surface area contributed by atoms with E-state index in [-0.39, 0.29) is 17.9 Å². The molecule has 3 amide bonds. The van der Waals surface area contributed by atoms with Gasteiger partial charge in [0.15, 0.2) is 0 Å². The van der Waals surface area contributed by atoms with Gasteiger partial charge in [-0.15, -0.1) is 0 Å². The molecule has 236 valence electrons. The third kappa shape index (κ3) is 9.16. The number of rotatable bonds is 10. The summed E-state index contributed by atoms with van der Waals surface area (Å²) >= 11 is 24.3. The van der Waals surface area contributed by atoms with E-state index in [4.69, 9.17) is 46.4 Å². The predicted octanol–water partition coefficient (Wildman–Crippen LogP) is 8.64. The van der Waals surface area contributed by atoms with Gasteiger partial charge in [-0.1, -0.05) is 88.9 Å². The number of amides is 3. The number of nitriles is 1. The van der Waals surface area contributed by atoms with Crippen molar-refractivity contribution in [1.29, 1.82) is 5.26 Å². The first-order valence-corrected chi connectivity index (χ1v) is 16.3. The Kier molecular flexibility index (Phi) is 11.5. The molecule has 1 aliphatic rings. The summed E-state index contributed by atoms with van der Waals surface area (Å²) in [5.41, 5.74) is 4.27. The van der Waals surface area contributed by atoms with Gasteiger partial charge in [-0.05, 0) is 78.5 Å². The molecule has 0 unspecified atom stereocenters. The average molecular weight is 695 g/mol. The minimum absolute atomic E-state index is 0.0306. The van der Waals surface area contributed by atoms with Crippen LogP contribution in [-0.4, -0.2) is 49.1 Å². The van der Waals surface area contributed by atoms with E-state index in [0.717, 1.165) is 29.7 Å². The number of carbonyl (C=O) groups is 2. The fraction of sp³-hybridized carbons (Fsp3) is 0.229. The van der Waals surface area contributed by atoms with Gasteiger partial charge in [0.1, 0.15) is 0 Å². The van der Waals surface area contributed by atoms with Gasteiger partial charge >= 0.3 is 6.03 Å². The Morgan fingerprint density at radius 2 is 1.54 bits per heavy atom. The van der Waals surface area contributed by atoms with E-state index in [1.165, 1.54) is 0 Å². The number of anilines is 1. The van der Waals surface area contributed by atoms with Crippen LogP contribution in [0.5, 0.6) is 0 Å². The van der Waals surface area contributed by atoms with Crippen molar-refractivity contribution in [2.75, 3.05) is 31.5 Å². The van der Waals surface area contributed by atoms with Crippen molar-refractivity contribution in [3.63, 3.8) is 0 Å². The molecule has 11 heteroatoms. The third-order valence-corrected chi connectivity index (χ3v) is 8.75. The van der Waals surface area contributed by atoms with E-state index in [2.05, 4.69) is 26.9 Å². The maximum absolute atomic E-state index is 12.9. The Bertz CT molecular complexity index is 1720. The van der Waals surface area contributed by atoms with Crippen LogP contribution in [0, 0.1) is 11.3 Å². The SMILES string of the molecule is N#Cc1cc(-c2ccccc2)ccc1[C@H](CCN1CC[C@@H](NC(=O)c2cc(Cl)cc(Cl)c2)C1)CNC(=O)Nc1cc(Cl)cc(Cl)c1. The Labute approximate surface area is 288 Å². The minimum Gasteiger partial charge on any atom is -0.348 e. The molecule has 0 saturated carbocycles. The molecule has 0 spiro atoms. The fourth-order valence-corrected chi connectivity index (χ4v) is 6.70. The lowest BCUT2D eigenvalue weighted by molar-refractivity contribution is 0.0937. The lowest BCUT2D eigenvalue weighted by atomic mass is 9.89. The normalized spacial score (nSPS) is 15.2. The number of benzene rings is 4. The van der Waals surface area contributed by atoms with Crippen LogP contribution in [0.1, 0.15) is 40.2 Å². The summed E-state index contributed by atoms with van der Waals surface area (Å²) in [5.74, 6) is -0.377. The number of halogens is 4. The Hall–Kier alpha value is -3.77. The summed E-state index contributed by atoms with van der Waals surface area (Å²) < 4.78 is 0. The number of nitrogens with one attached hydrogen (secondary N) is 3. The third-order valence-electron chi connectivity index (χ3n) is 7.88. The van der Waals surface area contributed by atoms with Crippen LogP contribution in [0.2, 0.25) is 20.1 Å². The molecule has 2 atom stereocenters. The maximum atomic E-state index is 12.9. The molecule has 4 aromatic carbocycles. The van der Waals surface area contributed by atoms with Gasteiger partial charge in [0.25, 0.3) is 5.91 Å². The fourth-order valence-electron chi connectivity index (χ4n) is 5.65. The molecule has 1 saturated heterocycles. The second-order valence-corrected chi connectivity index (χ2v) is 12.9. The van der Waals surface area contributed by atoms with Crippen LogP contribution in [0.3, 0.4) is 0 Å². The molecule has 46 heavy (non-hydrogen) atoms. The molecule has 7 nitrogen and oxygen atoms in total. The monoisotopic (exact) mass is 693 g/mol. The molecule has 0 aliphatic carbocycles. The second-order valence-electron chi connectivity index (χ2n) is 11.2. The molecule has 1 aliphatic heterocycles. The van der Waals surface area contributed by atoms with Crippen LogP contribution in [0.4, 0.5) is 10.5 Å². The zero-order valence-corrected chi connectivity index (χ0v) is 27.7. The highest BCUT2D eigenvalue weighted by Crippen LogP contribution is 2.29. The first-order chi connectivity index (χ1) is 22.2. The Morgan fingerprint density at radius 3 is 2.22 bits per heavy atom. The number of likely N-dealkylation sites (tertiary alicyclic amines) is 1. The van der Waals surface area contributed by atoms with E-state index in [0.29, 0.717) is 63.0 Å². The van der Waals surface area contributed by atoms with Gasteiger partial charge in [-0.2, -0.15) is 5.26 Å². The van der Waals surface area contributed by atoms with Gasteiger partial charge in [0.2, 0.25) is 0 Å². The summed E-state index contributed by atoms with van der Waals surface area (Å²) in [5, 5.41) is 20.6. The molecular formula is C35H31Cl4N5O2. The molecular weight excluding hydrogens is 664 g/mol. The predicted molar refractivity (Wildman–Crippen MR) is 186 cm³/mol. The highest BCUT2D eigenvalue weighted by atomic mass is 35.5. The van der Waals surface area contributed by atoms with Crippen LogP contribution < -0.4 is 16.0 Å². The lowest BCUT2D eigenvalue weighted by Gasteiger charge is -2.24. The van der Waals surface area contributed by atoms with Crippen LogP contribution in [-0.2, 0) is 0 Å². The van der Waals surface area contributed by atoms with Gasteiger partial charge in [-0.3, -0.25) is 4.79 Å². The molecule has 1 heterocycles. The van der Waals surface area contributed by atoms with Gasteiger partial charge in [0, 0.05) is 62.9 Å². The zero-order chi connectivity index (χ0) is 32.6. The van der Waals surface area contributed by atoms with Crippen LogP contribution in [0.15, 0.2) is 84.9 Å². The molecule has 3 N–H and O–H groups in total. The van der Waals surface area contributed by atoms with Crippen molar-refractivity contribution in [2.24, 2.45) is 0 Å². The number of hydrogen-bond acceptors (Lipinski definition) is 4.